The van der Waals surface area contributed by atoms with E-state index < -0.39 is 17.5 Å². The minimum atomic E-state index is -1.51. The molecule has 0 radical (unpaired) electrons. The van der Waals surface area contributed by atoms with Crippen molar-refractivity contribution in [1.29, 1.82) is 0 Å². The van der Waals surface area contributed by atoms with Gasteiger partial charge in [0, 0.05) is 29.6 Å². The number of benzene rings is 1. The first kappa shape index (κ1) is 14.1. The first-order chi connectivity index (χ1) is 10.5. The number of anilines is 3. The van der Waals surface area contributed by atoms with Crippen molar-refractivity contribution in [3.05, 3.63) is 47.7 Å². The third-order valence-electron chi connectivity index (χ3n) is 3.20. The second-order valence-corrected chi connectivity index (χ2v) is 4.63. The van der Waals surface area contributed by atoms with Crippen molar-refractivity contribution in [3.63, 3.8) is 0 Å². The lowest BCUT2D eigenvalue weighted by atomic mass is 10.1. The highest BCUT2D eigenvalue weighted by molar-refractivity contribution is 5.91. The van der Waals surface area contributed by atoms with Gasteiger partial charge in [-0.1, -0.05) is 0 Å². The smallest absolute Gasteiger partial charge is 0.194 e. The number of nitrogens with zero attached hydrogens (tertiary/aromatic N) is 3. The molecule has 2 heterocycles. The highest BCUT2D eigenvalue weighted by Crippen LogP contribution is 2.28. The van der Waals surface area contributed by atoms with Crippen LogP contribution in [0.1, 0.15) is 5.56 Å². The summed E-state index contributed by atoms with van der Waals surface area (Å²) in [6.07, 6.45) is 2.72. The van der Waals surface area contributed by atoms with Crippen molar-refractivity contribution < 1.29 is 13.2 Å². The average molecular weight is 305 g/mol. The highest BCUT2D eigenvalue weighted by Gasteiger charge is 2.16. The van der Waals surface area contributed by atoms with Gasteiger partial charge in [-0.25, -0.2) is 28.1 Å². The molecule has 0 unspecified atom stereocenters. The van der Waals surface area contributed by atoms with Crippen molar-refractivity contribution in [1.82, 2.24) is 15.0 Å². The Kier molecular flexibility index (Phi) is 3.28. The van der Waals surface area contributed by atoms with Crippen LogP contribution in [0.4, 0.5) is 30.5 Å². The molecule has 22 heavy (non-hydrogen) atoms. The monoisotopic (exact) mass is 305 g/mol. The summed E-state index contributed by atoms with van der Waals surface area (Å²) in [7, 11) is 0. The average Bonchev–Trinajstić information content (AvgIpc) is 2.50. The van der Waals surface area contributed by atoms with E-state index in [1.165, 1.54) is 19.4 Å². The molecule has 0 saturated heterocycles. The van der Waals surface area contributed by atoms with Crippen LogP contribution in [-0.4, -0.2) is 15.0 Å². The minimum absolute atomic E-state index is 0.0610. The Morgan fingerprint density at radius 1 is 1.05 bits per heavy atom. The lowest BCUT2D eigenvalue weighted by molar-refractivity contribution is 0.444. The largest absolute Gasteiger partial charge is 0.384 e. The van der Waals surface area contributed by atoms with E-state index in [0.717, 1.165) is 6.07 Å². The van der Waals surface area contributed by atoms with E-state index in [1.54, 1.807) is 6.07 Å². The van der Waals surface area contributed by atoms with Crippen LogP contribution in [-0.2, 0) is 0 Å². The molecule has 8 heteroatoms. The molecule has 0 spiro atoms. The summed E-state index contributed by atoms with van der Waals surface area (Å²) in [5.74, 6) is -3.47. The number of halogens is 3. The highest BCUT2D eigenvalue weighted by atomic mass is 19.2. The number of nitrogen functional groups attached to an aromatic ring is 1. The maximum absolute atomic E-state index is 13.6. The zero-order valence-corrected chi connectivity index (χ0v) is 11.4. The van der Waals surface area contributed by atoms with Crippen LogP contribution in [0.3, 0.4) is 0 Å². The molecule has 0 aliphatic heterocycles. The molecule has 1 aromatic carbocycles. The zero-order chi connectivity index (χ0) is 15.9. The first-order valence-electron chi connectivity index (χ1n) is 6.24. The van der Waals surface area contributed by atoms with E-state index >= 15 is 0 Å². The van der Waals surface area contributed by atoms with Gasteiger partial charge in [-0.2, -0.15) is 0 Å². The number of rotatable bonds is 2. The van der Waals surface area contributed by atoms with Gasteiger partial charge in [0.1, 0.15) is 18.0 Å². The van der Waals surface area contributed by atoms with E-state index in [1.807, 2.05) is 0 Å². The second-order valence-electron chi connectivity index (χ2n) is 4.63. The number of nitrogens with two attached hydrogens (primary N) is 1. The summed E-state index contributed by atoms with van der Waals surface area (Å²) in [5, 5.41) is 3.28. The number of pyridine rings is 1. The van der Waals surface area contributed by atoms with Crippen molar-refractivity contribution in [2.75, 3.05) is 11.1 Å². The van der Waals surface area contributed by atoms with Crippen LogP contribution in [0.5, 0.6) is 0 Å². The summed E-state index contributed by atoms with van der Waals surface area (Å²) < 4.78 is 40.2. The van der Waals surface area contributed by atoms with Crippen LogP contribution in [0.2, 0.25) is 0 Å². The molecule has 0 aliphatic carbocycles. The number of nitrogens with one attached hydrogen (secondary N) is 1. The molecular weight excluding hydrogens is 295 g/mol. The van der Waals surface area contributed by atoms with E-state index in [2.05, 4.69) is 20.3 Å². The minimum Gasteiger partial charge on any atom is -0.384 e. The van der Waals surface area contributed by atoms with Gasteiger partial charge in [-0.15, -0.1) is 0 Å². The van der Waals surface area contributed by atoms with Gasteiger partial charge in [0.15, 0.2) is 17.5 Å². The summed E-state index contributed by atoms with van der Waals surface area (Å²) in [6.45, 7) is 1.33. The summed E-state index contributed by atoms with van der Waals surface area (Å²) >= 11 is 0. The Morgan fingerprint density at radius 3 is 2.59 bits per heavy atom. The summed E-state index contributed by atoms with van der Waals surface area (Å²) in [4.78, 5) is 12.0. The Balaban J connectivity index is 2.11. The quantitative estimate of drug-likeness (QED) is 0.712. The lowest BCUT2D eigenvalue weighted by Crippen LogP contribution is -2.03. The van der Waals surface area contributed by atoms with Gasteiger partial charge < -0.3 is 11.1 Å². The van der Waals surface area contributed by atoms with Crippen LogP contribution in [0, 0.1) is 24.4 Å². The molecule has 0 amide bonds. The molecule has 5 nitrogen and oxygen atoms in total. The molecule has 2 aromatic heterocycles. The fourth-order valence-corrected chi connectivity index (χ4v) is 2.01. The van der Waals surface area contributed by atoms with E-state index in [0.29, 0.717) is 10.9 Å². The molecule has 0 saturated carbocycles. The molecular formula is C14H10F3N5. The Bertz CT molecular complexity index is 882. The standard InChI is InChI=1S/C14H10F3N5/c1-6-9(2-8(15)13(17)12(6)16)22-14-7-4-19-11(18)3-10(7)20-5-21-14/h2-5H,1H3,(H2,18,19)(H,20,21,22). The van der Waals surface area contributed by atoms with Crippen LogP contribution >= 0.6 is 0 Å². The zero-order valence-electron chi connectivity index (χ0n) is 11.4. The summed E-state index contributed by atoms with van der Waals surface area (Å²) in [5.41, 5.74) is 6.10. The number of fused-ring (bicyclic) bond motifs is 1. The Hall–Kier alpha value is -2.90. The molecule has 0 aliphatic rings. The summed E-state index contributed by atoms with van der Waals surface area (Å²) in [6, 6.07) is 2.41. The van der Waals surface area contributed by atoms with Crippen molar-refractivity contribution in [2.24, 2.45) is 0 Å². The predicted molar refractivity (Wildman–Crippen MR) is 76.1 cm³/mol. The van der Waals surface area contributed by atoms with E-state index in [4.69, 9.17) is 5.73 Å². The van der Waals surface area contributed by atoms with Gasteiger partial charge in [0.25, 0.3) is 0 Å². The maximum atomic E-state index is 13.6. The number of hydrogen-bond acceptors (Lipinski definition) is 5. The molecule has 3 N–H and O–H groups in total. The van der Waals surface area contributed by atoms with Crippen LogP contribution in [0.15, 0.2) is 24.7 Å². The fraction of sp³-hybridized carbons (Fsp3) is 0.0714. The van der Waals surface area contributed by atoms with Gasteiger partial charge >= 0.3 is 0 Å². The molecule has 3 aromatic rings. The van der Waals surface area contributed by atoms with Crippen molar-refractivity contribution in [3.8, 4) is 0 Å². The van der Waals surface area contributed by atoms with Crippen molar-refractivity contribution in [2.45, 2.75) is 6.92 Å². The molecule has 0 fully saturated rings. The fourth-order valence-electron chi connectivity index (χ4n) is 2.01. The predicted octanol–water partition coefficient (Wildman–Crippen LogP) is 3.08. The van der Waals surface area contributed by atoms with E-state index in [-0.39, 0.29) is 22.9 Å². The third-order valence-corrected chi connectivity index (χ3v) is 3.20. The van der Waals surface area contributed by atoms with Gasteiger partial charge in [0.05, 0.1) is 10.9 Å². The Labute approximate surface area is 123 Å². The van der Waals surface area contributed by atoms with Crippen LogP contribution in [0.25, 0.3) is 10.9 Å². The number of aromatic nitrogens is 3. The second kappa shape index (κ2) is 5.14. The normalized spacial score (nSPS) is 10.9. The van der Waals surface area contributed by atoms with Gasteiger partial charge in [-0.3, -0.25) is 0 Å². The molecule has 3 rings (SSSR count). The lowest BCUT2D eigenvalue weighted by Gasteiger charge is -2.12. The number of hydrogen-bond donors (Lipinski definition) is 2. The topological polar surface area (TPSA) is 76.7 Å². The Morgan fingerprint density at radius 2 is 1.82 bits per heavy atom. The SMILES string of the molecule is Cc1c(Nc2ncnc3cc(N)ncc23)cc(F)c(F)c1F. The van der Waals surface area contributed by atoms with Crippen LogP contribution < -0.4 is 11.1 Å². The first-order valence-corrected chi connectivity index (χ1v) is 6.24. The maximum Gasteiger partial charge on any atom is 0.194 e. The van der Waals surface area contributed by atoms with Crippen molar-refractivity contribution >= 4 is 28.2 Å². The van der Waals surface area contributed by atoms with E-state index in [9.17, 15) is 13.2 Å². The van der Waals surface area contributed by atoms with Gasteiger partial charge in [0.2, 0.25) is 0 Å². The molecule has 0 atom stereocenters. The van der Waals surface area contributed by atoms with Gasteiger partial charge in [-0.05, 0) is 6.92 Å². The third kappa shape index (κ3) is 2.28. The molecule has 112 valence electrons. The molecule has 0 bridgehead atoms.